The van der Waals surface area contributed by atoms with E-state index in [0.29, 0.717) is 0 Å². The quantitative estimate of drug-likeness (QED) is 0.288. The van der Waals surface area contributed by atoms with E-state index in [4.69, 9.17) is 0 Å². The molecule has 0 heteroatoms. The minimum Gasteiger partial charge on any atom is -0.0654 e. The molecule has 0 amide bonds. The molecule has 0 aliphatic heterocycles. The zero-order chi connectivity index (χ0) is 14.3. The van der Waals surface area contributed by atoms with E-state index in [1.165, 1.54) is 83.5 Å². The lowest BCUT2D eigenvalue weighted by atomic mass is 9.83. The van der Waals surface area contributed by atoms with Crippen molar-refractivity contribution in [2.45, 2.75) is 111 Å². The van der Waals surface area contributed by atoms with E-state index in [2.05, 4.69) is 27.7 Å². The van der Waals surface area contributed by atoms with Crippen LogP contribution in [0.1, 0.15) is 111 Å². The molecule has 0 aromatic carbocycles. The van der Waals surface area contributed by atoms with Gasteiger partial charge in [-0.1, -0.05) is 111 Å². The summed E-state index contributed by atoms with van der Waals surface area (Å²) in [5.74, 6) is 1.96. The van der Waals surface area contributed by atoms with Gasteiger partial charge in [0.1, 0.15) is 0 Å². The molecule has 0 bridgehead atoms. The highest BCUT2D eigenvalue weighted by molar-refractivity contribution is 4.66. The summed E-state index contributed by atoms with van der Waals surface area (Å²) in [5.41, 5.74) is 0. The van der Waals surface area contributed by atoms with Crippen LogP contribution in [0.25, 0.3) is 0 Å². The van der Waals surface area contributed by atoms with E-state index in [9.17, 15) is 0 Å². The van der Waals surface area contributed by atoms with E-state index in [1.807, 2.05) is 0 Å². The van der Waals surface area contributed by atoms with Crippen molar-refractivity contribution in [2.24, 2.45) is 11.8 Å². The number of hydrogen-bond donors (Lipinski definition) is 0. The predicted molar refractivity (Wildman–Crippen MR) is 89.7 cm³/mol. The van der Waals surface area contributed by atoms with Gasteiger partial charge in [0.2, 0.25) is 0 Å². The second kappa shape index (κ2) is 14.4. The van der Waals surface area contributed by atoms with Gasteiger partial charge in [0, 0.05) is 0 Å². The van der Waals surface area contributed by atoms with Crippen LogP contribution in [0.5, 0.6) is 0 Å². The van der Waals surface area contributed by atoms with Gasteiger partial charge < -0.3 is 0 Å². The molecule has 0 rings (SSSR count). The molecule has 0 radical (unpaired) electrons. The fourth-order valence-corrected chi connectivity index (χ4v) is 3.29. The lowest BCUT2D eigenvalue weighted by molar-refractivity contribution is 0.286. The molecular formula is C19H40. The Balaban J connectivity index is 3.47. The molecule has 116 valence electrons. The van der Waals surface area contributed by atoms with Gasteiger partial charge >= 0.3 is 0 Å². The van der Waals surface area contributed by atoms with Gasteiger partial charge in [0.15, 0.2) is 0 Å². The second-order valence-electron chi connectivity index (χ2n) is 6.58. The zero-order valence-corrected chi connectivity index (χ0v) is 14.3. The summed E-state index contributed by atoms with van der Waals surface area (Å²) in [6.07, 6.45) is 18.7. The van der Waals surface area contributed by atoms with Crippen molar-refractivity contribution < 1.29 is 0 Å². The van der Waals surface area contributed by atoms with E-state index < -0.39 is 0 Å². The van der Waals surface area contributed by atoms with Crippen LogP contribution >= 0.6 is 0 Å². The van der Waals surface area contributed by atoms with Crippen LogP contribution in [0.2, 0.25) is 0 Å². The fraction of sp³-hybridized carbons (Fsp3) is 1.00. The van der Waals surface area contributed by atoms with Crippen molar-refractivity contribution in [2.75, 3.05) is 0 Å². The van der Waals surface area contributed by atoms with Gasteiger partial charge in [-0.25, -0.2) is 0 Å². The monoisotopic (exact) mass is 268 g/mol. The maximum Gasteiger partial charge on any atom is -0.0389 e. The van der Waals surface area contributed by atoms with E-state index in [0.717, 1.165) is 11.8 Å². The minimum absolute atomic E-state index is 0.958. The maximum atomic E-state index is 2.50. The summed E-state index contributed by atoms with van der Waals surface area (Å²) in [4.78, 5) is 0. The predicted octanol–water partition coefficient (Wildman–Crippen LogP) is 7.37. The molecule has 1 atom stereocenters. The largest absolute Gasteiger partial charge is 0.0654 e. The Kier molecular flexibility index (Phi) is 14.4. The average Bonchev–Trinajstić information content (AvgIpc) is 2.41. The van der Waals surface area contributed by atoms with Gasteiger partial charge in [-0.15, -0.1) is 0 Å². The van der Waals surface area contributed by atoms with Gasteiger partial charge in [0.05, 0.1) is 0 Å². The topological polar surface area (TPSA) is 0 Å². The van der Waals surface area contributed by atoms with E-state index in [-0.39, 0.29) is 0 Å². The van der Waals surface area contributed by atoms with Crippen molar-refractivity contribution in [1.29, 1.82) is 0 Å². The molecule has 19 heavy (non-hydrogen) atoms. The average molecular weight is 269 g/mol. The normalized spacial score (nSPS) is 13.1. The van der Waals surface area contributed by atoms with Crippen LogP contribution in [0.15, 0.2) is 0 Å². The Labute approximate surface area is 123 Å². The second-order valence-corrected chi connectivity index (χ2v) is 6.58. The molecule has 0 spiro atoms. The zero-order valence-electron chi connectivity index (χ0n) is 14.3. The summed E-state index contributed by atoms with van der Waals surface area (Å²) in [7, 11) is 0. The minimum atomic E-state index is 0.958. The summed E-state index contributed by atoms with van der Waals surface area (Å²) in [6.45, 7) is 9.47. The van der Waals surface area contributed by atoms with Crippen LogP contribution in [-0.2, 0) is 0 Å². The van der Waals surface area contributed by atoms with Crippen LogP contribution in [0.3, 0.4) is 0 Å². The van der Waals surface area contributed by atoms with Crippen LogP contribution < -0.4 is 0 Å². The van der Waals surface area contributed by atoms with Crippen LogP contribution in [0.4, 0.5) is 0 Å². The SMILES string of the molecule is CCCCCCCCCCC(C)C(CCC)CCC. The van der Waals surface area contributed by atoms with Gasteiger partial charge in [-0.3, -0.25) is 0 Å². The van der Waals surface area contributed by atoms with Crippen molar-refractivity contribution in [1.82, 2.24) is 0 Å². The lowest BCUT2D eigenvalue weighted by Gasteiger charge is -2.23. The van der Waals surface area contributed by atoms with Crippen molar-refractivity contribution in [3.8, 4) is 0 Å². The molecule has 0 fully saturated rings. The first kappa shape index (κ1) is 19.0. The first-order chi connectivity index (χ1) is 9.26. The summed E-state index contributed by atoms with van der Waals surface area (Å²) >= 11 is 0. The Morgan fingerprint density at radius 1 is 0.526 bits per heavy atom. The molecule has 0 aromatic heterocycles. The molecule has 0 aromatic rings. The smallest absolute Gasteiger partial charge is 0.0389 e. The number of rotatable bonds is 14. The van der Waals surface area contributed by atoms with E-state index >= 15 is 0 Å². The van der Waals surface area contributed by atoms with Gasteiger partial charge in [-0.2, -0.15) is 0 Å². The third-order valence-corrected chi connectivity index (χ3v) is 4.64. The highest BCUT2D eigenvalue weighted by Gasteiger charge is 2.14. The summed E-state index contributed by atoms with van der Waals surface area (Å²) in [5, 5.41) is 0. The number of hydrogen-bond acceptors (Lipinski definition) is 0. The highest BCUT2D eigenvalue weighted by Crippen LogP contribution is 2.27. The maximum absolute atomic E-state index is 2.50. The molecule has 0 saturated heterocycles. The molecule has 1 unspecified atom stereocenters. The summed E-state index contributed by atoms with van der Waals surface area (Å²) in [6, 6.07) is 0. The summed E-state index contributed by atoms with van der Waals surface area (Å²) < 4.78 is 0. The molecular weight excluding hydrogens is 228 g/mol. The first-order valence-electron chi connectivity index (χ1n) is 9.26. The molecule has 0 saturated carbocycles. The van der Waals surface area contributed by atoms with Crippen LogP contribution in [-0.4, -0.2) is 0 Å². The fourth-order valence-electron chi connectivity index (χ4n) is 3.29. The van der Waals surface area contributed by atoms with Crippen molar-refractivity contribution >= 4 is 0 Å². The van der Waals surface area contributed by atoms with E-state index in [1.54, 1.807) is 0 Å². The standard InChI is InChI=1S/C19H40/c1-5-8-9-10-11-12-13-14-17-18(4)19(15-6-2)16-7-3/h18-19H,5-17H2,1-4H3. The molecule has 0 aliphatic carbocycles. The Morgan fingerprint density at radius 3 is 1.47 bits per heavy atom. The van der Waals surface area contributed by atoms with Crippen molar-refractivity contribution in [3.05, 3.63) is 0 Å². The van der Waals surface area contributed by atoms with Crippen molar-refractivity contribution in [3.63, 3.8) is 0 Å². The van der Waals surface area contributed by atoms with Crippen LogP contribution in [0, 0.1) is 11.8 Å². The Hall–Kier alpha value is 0. The Bertz CT molecular complexity index is 155. The molecule has 0 nitrogen and oxygen atoms in total. The molecule has 0 N–H and O–H groups in total. The number of unbranched alkanes of at least 4 members (excludes halogenated alkanes) is 7. The van der Waals surface area contributed by atoms with Gasteiger partial charge in [0.25, 0.3) is 0 Å². The molecule has 0 heterocycles. The Morgan fingerprint density at radius 2 is 1.00 bits per heavy atom. The highest BCUT2D eigenvalue weighted by atomic mass is 14.2. The lowest BCUT2D eigenvalue weighted by Crippen LogP contribution is -2.11. The third-order valence-electron chi connectivity index (χ3n) is 4.64. The molecule has 0 aliphatic rings. The third kappa shape index (κ3) is 11.5. The first-order valence-corrected chi connectivity index (χ1v) is 9.26. The van der Waals surface area contributed by atoms with Gasteiger partial charge in [-0.05, 0) is 11.8 Å².